The molecule has 6 nitrogen and oxygen atoms in total. The van der Waals surface area contributed by atoms with Gasteiger partial charge >= 0.3 is 0 Å². The monoisotopic (exact) mass is 582 g/mol. The SMILES string of the molecule is CC(C)CON=C1C(=O)N(CCCN2CCN(C(c3ccccc3)c3ccccc3)CC2)c2ccccc21.Cl.Cl. The van der Waals surface area contributed by atoms with E-state index in [4.69, 9.17) is 4.84 Å². The predicted octanol–water partition coefficient (Wildman–Crippen LogP) is 6.05. The summed E-state index contributed by atoms with van der Waals surface area (Å²) in [6.45, 7) is 10.4. The van der Waals surface area contributed by atoms with Crippen molar-refractivity contribution in [2.75, 3.05) is 50.8 Å². The van der Waals surface area contributed by atoms with Gasteiger partial charge in [-0.2, -0.15) is 0 Å². The summed E-state index contributed by atoms with van der Waals surface area (Å²) in [5.74, 6) is 0.298. The van der Waals surface area contributed by atoms with Crippen LogP contribution >= 0.6 is 24.8 Å². The lowest BCUT2D eigenvalue weighted by Crippen LogP contribution is -2.48. The molecule has 0 N–H and O–H groups in total. The van der Waals surface area contributed by atoms with Crippen LogP contribution in [0.4, 0.5) is 5.69 Å². The molecule has 1 fully saturated rings. The third-order valence-corrected chi connectivity index (χ3v) is 7.32. The number of hydrogen-bond acceptors (Lipinski definition) is 5. The number of anilines is 1. The van der Waals surface area contributed by atoms with Crippen molar-refractivity contribution in [2.24, 2.45) is 11.1 Å². The first kappa shape index (κ1) is 31.6. The fraction of sp³-hybridized carbons (Fsp3) is 0.375. The van der Waals surface area contributed by atoms with Gasteiger partial charge in [0.05, 0.1) is 11.7 Å². The summed E-state index contributed by atoms with van der Waals surface area (Å²) in [5, 5.41) is 4.22. The molecule has 0 atom stereocenters. The molecule has 2 aliphatic heterocycles. The van der Waals surface area contributed by atoms with Gasteiger partial charge in [0.25, 0.3) is 5.91 Å². The first-order chi connectivity index (χ1) is 18.6. The molecule has 0 aliphatic carbocycles. The summed E-state index contributed by atoms with van der Waals surface area (Å²) in [6, 6.07) is 29.8. The fourth-order valence-corrected chi connectivity index (χ4v) is 5.41. The van der Waals surface area contributed by atoms with Crippen molar-refractivity contribution in [1.82, 2.24) is 9.80 Å². The summed E-state index contributed by atoms with van der Waals surface area (Å²) in [6.07, 6.45) is 0.918. The highest BCUT2D eigenvalue weighted by molar-refractivity contribution is 6.54. The van der Waals surface area contributed by atoms with Gasteiger partial charge in [0.15, 0.2) is 5.71 Å². The van der Waals surface area contributed by atoms with Crippen LogP contribution in [0.3, 0.4) is 0 Å². The molecular formula is C32H40Cl2N4O2. The summed E-state index contributed by atoms with van der Waals surface area (Å²) < 4.78 is 0. The summed E-state index contributed by atoms with van der Waals surface area (Å²) in [7, 11) is 0. The van der Waals surface area contributed by atoms with Gasteiger partial charge < -0.3 is 14.6 Å². The molecule has 214 valence electrons. The lowest BCUT2D eigenvalue weighted by atomic mass is 9.96. The van der Waals surface area contributed by atoms with Gasteiger partial charge in [-0.1, -0.05) is 97.9 Å². The Bertz CT molecular complexity index is 1190. The van der Waals surface area contributed by atoms with Crippen molar-refractivity contribution in [3.05, 3.63) is 102 Å². The zero-order valence-corrected chi connectivity index (χ0v) is 24.9. The normalized spacial score (nSPS) is 16.6. The van der Waals surface area contributed by atoms with E-state index in [2.05, 4.69) is 89.5 Å². The van der Waals surface area contributed by atoms with E-state index in [-0.39, 0.29) is 36.8 Å². The van der Waals surface area contributed by atoms with E-state index < -0.39 is 0 Å². The molecule has 0 spiro atoms. The Morgan fingerprint density at radius 3 is 1.95 bits per heavy atom. The lowest BCUT2D eigenvalue weighted by Gasteiger charge is -2.40. The van der Waals surface area contributed by atoms with Crippen molar-refractivity contribution in [3.8, 4) is 0 Å². The number of nitrogens with zero attached hydrogens (tertiary/aromatic N) is 4. The van der Waals surface area contributed by atoms with E-state index in [1.807, 2.05) is 29.2 Å². The highest BCUT2D eigenvalue weighted by atomic mass is 35.5. The minimum atomic E-state index is -0.0617. The summed E-state index contributed by atoms with van der Waals surface area (Å²) in [4.78, 5) is 25.7. The Hall–Kier alpha value is -2.90. The van der Waals surface area contributed by atoms with Gasteiger partial charge in [-0.05, 0) is 36.1 Å². The van der Waals surface area contributed by atoms with Crippen LogP contribution in [-0.2, 0) is 9.63 Å². The third kappa shape index (κ3) is 7.43. The number of halogens is 2. The highest BCUT2D eigenvalue weighted by Crippen LogP contribution is 2.31. The molecule has 0 aromatic heterocycles. The van der Waals surface area contributed by atoms with Crippen molar-refractivity contribution < 1.29 is 9.63 Å². The Morgan fingerprint density at radius 1 is 0.775 bits per heavy atom. The first-order valence-corrected chi connectivity index (χ1v) is 13.8. The Kier molecular flexibility index (Phi) is 12.0. The topological polar surface area (TPSA) is 48.4 Å². The maximum Gasteiger partial charge on any atom is 0.281 e. The molecule has 0 radical (unpaired) electrons. The zero-order valence-electron chi connectivity index (χ0n) is 23.3. The molecule has 8 heteroatoms. The van der Waals surface area contributed by atoms with Crippen LogP contribution < -0.4 is 4.90 Å². The number of rotatable bonds is 10. The van der Waals surface area contributed by atoms with Crippen molar-refractivity contribution in [1.29, 1.82) is 0 Å². The van der Waals surface area contributed by atoms with Crippen LogP contribution in [0.25, 0.3) is 0 Å². The van der Waals surface area contributed by atoms with E-state index in [9.17, 15) is 4.79 Å². The molecule has 2 aliphatic rings. The van der Waals surface area contributed by atoms with Crippen LogP contribution in [0.1, 0.15) is 43.0 Å². The maximum absolute atomic E-state index is 13.2. The molecule has 3 aromatic rings. The van der Waals surface area contributed by atoms with E-state index in [1.165, 1.54) is 11.1 Å². The van der Waals surface area contributed by atoms with Crippen LogP contribution in [0.5, 0.6) is 0 Å². The van der Waals surface area contributed by atoms with E-state index in [1.54, 1.807) is 0 Å². The number of amides is 1. The number of hydrogen-bond donors (Lipinski definition) is 0. The van der Waals surface area contributed by atoms with Crippen molar-refractivity contribution in [2.45, 2.75) is 26.3 Å². The van der Waals surface area contributed by atoms with E-state index in [0.717, 1.165) is 50.4 Å². The van der Waals surface area contributed by atoms with Gasteiger partial charge in [0.2, 0.25) is 0 Å². The third-order valence-electron chi connectivity index (χ3n) is 7.32. The highest BCUT2D eigenvalue weighted by Gasteiger charge is 2.34. The quantitative estimate of drug-likeness (QED) is 0.273. The standard InChI is InChI=1S/C32H38N4O2.2ClH/c1-25(2)24-38-33-30-28-16-9-10-17-29(28)36(32(30)37)19-11-18-34-20-22-35(23-21-34)31(26-12-5-3-6-13-26)27-14-7-4-8-15-27;;/h3-10,12-17,25,31H,11,18-24H2,1-2H3;2*1H. The molecular weight excluding hydrogens is 543 g/mol. The van der Waals surface area contributed by atoms with Crippen LogP contribution in [0.15, 0.2) is 90.1 Å². The molecule has 5 rings (SSSR count). The number of para-hydroxylation sites is 1. The second-order valence-corrected chi connectivity index (χ2v) is 10.6. The van der Waals surface area contributed by atoms with Crippen LogP contribution in [0, 0.1) is 5.92 Å². The zero-order chi connectivity index (χ0) is 26.3. The van der Waals surface area contributed by atoms with Crippen molar-refractivity contribution >= 4 is 42.1 Å². The second-order valence-electron chi connectivity index (χ2n) is 10.6. The molecule has 0 bridgehead atoms. The predicted molar refractivity (Wildman–Crippen MR) is 168 cm³/mol. The number of carbonyl (C=O) groups excluding carboxylic acids is 1. The van der Waals surface area contributed by atoms with Gasteiger partial charge in [0.1, 0.15) is 6.61 Å². The Morgan fingerprint density at radius 2 is 1.35 bits per heavy atom. The largest absolute Gasteiger partial charge is 0.395 e. The van der Waals surface area contributed by atoms with Crippen LogP contribution in [0.2, 0.25) is 0 Å². The second kappa shape index (κ2) is 15.2. The summed E-state index contributed by atoms with van der Waals surface area (Å²) in [5.41, 5.74) is 4.90. The Labute approximate surface area is 250 Å². The van der Waals surface area contributed by atoms with Gasteiger partial charge in [-0.3, -0.25) is 9.69 Å². The average Bonchev–Trinajstić information content (AvgIpc) is 3.21. The number of oxime groups is 1. The first-order valence-electron chi connectivity index (χ1n) is 13.8. The molecule has 0 unspecified atom stereocenters. The molecule has 3 aromatic carbocycles. The van der Waals surface area contributed by atoms with Gasteiger partial charge in [-0.15, -0.1) is 24.8 Å². The van der Waals surface area contributed by atoms with E-state index >= 15 is 0 Å². The minimum absolute atomic E-state index is 0. The summed E-state index contributed by atoms with van der Waals surface area (Å²) >= 11 is 0. The van der Waals surface area contributed by atoms with E-state index in [0.29, 0.717) is 24.8 Å². The molecule has 1 amide bonds. The maximum atomic E-state index is 13.2. The molecule has 40 heavy (non-hydrogen) atoms. The van der Waals surface area contributed by atoms with Crippen LogP contribution in [-0.4, -0.2) is 67.3 Å². The minimum Gasteiger partial charge on any atom is -0.395 e. The number of benzene rings is 3. The van der Waals surface area contributed by atoms with Gasteiger partial charge in [0, 0.05) is 38.3 Å². The number of piperazine rings is 1. The number of carbonyl (C=O) groups is 1. The number of fused-ring (bicyclic) bond motifs is 1. The molecule has 2 heterocycles. The molecule has 0 saturated carbocycles. The fourth-order valence-electron chi connectivity index (χ4n) is 5.41. The smallest absolute Gasteiger partial charge is 0.281 e. The van der Waals surface area contributed by atoms with Gasteiger partial charge in [-0.25, -0.2) is 0 Å². The average molecular weight is 584 g/mol. The van der Waals surface area contributed by atoms with Crippen molar-refractivity contribution in [3.63, 3.8) is 0 Å². The molecule has 1 saturated heterocycles. The Balaban J connectivity index is 0.00000220. The lowest BCUT2D eigenvalue weighted by molar-refractivity contribution is -0.112.